The molecule has 0 spiro atoms. The number of nitrogens with zero attached hydrogens (tertiary/aromatic N) is 1. The van der Waals surface area contributed by atoms with Crippen LogP contribution in [0.3, 0.4) is 0 Å². The second-order valence-corrected chi connectivity index (χ2v) is 9.44. The summed E-state index contributed by atoms with van der Waals surface area (Å²) in [5, 5.41) is 11.8. The number of rotatable bonds is 10. The predicted octanol–water partition coefficient (Wildman–Crippen LogP) is 3.44. The highest BCUT2D eigenvalue weighted by molar-refractivity contribution is 7.98. The number of carbonyl (C=O) groups excluding carboxylic acids is 2. The molecule has 0 bridgehead atoms. The minimum absolute atomic E-state index is 0.000543. The summed E-state index contributed by atoms with van der Waals surface area (Å²) in [4.78, 5) is 37.5. The Bertz CT molecular complexity index is 997. The molecule has 0 aliphatic heterocycles. The number of alkyl carbamates (subject to hydrolysis) is 1. The van der Waals surface area contributed by atoms with E-state index >= 15 is 0 Å². The van der Waals surface area contributed by atoms with Crippen LogP contribution in [-0.4, -0.2) is 66.2 Å². The van der Waals surface area contributed by atoms with Gasteiger partial charge in [-0.15, -0.1) is 0 Å². The summed E-state index contributed by atoms with van der Waals surface area (Å²) < 4.78 is 5.54. The van der Waals surface area contributed by atoms with Crippen LogP contribution < -0.4 is 5.32 Å². The zero-order valence-electron chi connectivity index (χ0n) is 18.5. The Morgan fingerprint density at radius 3 is 2.33 bits per heavy atom. The van der Waals surface area contributed by atoms with E-state index in [0.29, 0.717) is 25.3 Å². The Morgan fingerprint density at radius 2 is 1.73 bits per heavy atom. The molecule has 2 unspecified atom stereocenters. The van der Waals surface area contributed by atoms with Crippen LogP contribution in [0, 0.1) is 11.8 Å². The number of amides is 2. The first-order valence-corrected chi connectivity index (χ1v) is 12.5. The number of thioether (sulfide) groups is 1. The van der Waals surface area contributed by atoms with E-state index in [2.05, 4.69) is 29.6 Å². The van der Waals surface area contributed by atoms with Crippen molar-refractivity contribution in [3.05, 3.63) is 59.7 Å². The molecule has 2 atom stereocenters. The fraction of sp³-hybridized carbons (Fsp3) is 0.400. The number of nitrogens with one attached hydrogen (secondary N) is 1. The van der Waals surface area contributed by atoms with Crippen molar-refractivity contribution in [3.8, 4) is 11.1 Å². The van der Waals surface area contributed by atoms with Gasteiger partial charge < -0.3 is 20.1 Å². The van der Waals surface area contributed by atoms with Gasteiger partial charge in [0.15, 0.2) is 0 Å². The van der Waals surface area contributed by atoms with Crippen molar-refractivity contribution in [3.63, 3.8) is 0 Å². The van der Waals surface area contributed by atoms with Crippen molar-refractivity contribution in [2.45, 2.75) is 12.3 Å². The lowest BCUT2D eigenvalue weighted by Crippen LogP contribution is -2.39. The monoisotopic (exact) mass is 468 g/mol. The van der Waals surface area contributed by atoms with Gasteiger partial charge in [-0.1, -0.05) is 48.5 Å². The summed E-state index contributed by atoms with van der Waals surface area (Å²) in [7, 11) is 0. The zero-order chi connectivity index (χ0) is 23.4. The molecule has 2 aromatic rings. The van der Waals surface area contributed by atoms with Crippen LogP contribution in [-0.2, 0) is 14.3 Å². The van der Waals surface area contributed by atoms with Crippen molar-refractivity contribution in [1.29, 1.82) is 0 Å². The molecule has 7 nitrogen and oxygen atoms in total. The minimum atomic E-state index is -1.02. The largest absolute Gasteiger partial charge is 0.480 e. The van der Waals surface area contributed by atoms with Gasteiger partial charge in [-0.2, -0.15) is 11.8 Å². The van der Waals surface area contributed by atoms with Gasteiger partial charge in [-0.05, 0) is 40.8 Å². The third kappa shape index (κ3) is 5.33. The molecule has 2 aromatic carbocycles. The van der Waals surface area contributed by atoms with E-state index in [-0.39, 0.29) is 36.8 Å². The second-order valence-electron chi connectivity index (χ2n) is 8.46. The fourth-order valence-electron chi connectivity index (χ4n) is 4.51. The average Bonchev–Trinajstić information content (AvgIpc) is 3.53. The lowest BCUT2D eigenvalue weighted by molar-refractivity contribution is -0.144. The minimum Gasteiger partial charge on any atom is -0.480 e. The first kappa shape index (κ1) is 23.2. The van der Waals surface area contributed by atoms with E-state index in [0.717, 1.165) is 11.1 Å². The second kappa shape index (κ2) is 10.3. The van der Waals surface area contributed by atoms with Gasteiger partial charge in [0.1, 0.15) is 13.2 Å². The summed E-state index contributed by atoms with van der Waals surface area (Å²) in [6.07, 6.45) is 2.07. The SMILES string of the molecule is CSCCN(CC(=O)O)C(=O)C1CC1CNC(=O)OCC1c2ccccc2-c2ccccc21. The molecular weight excluding hydrogens is 440 g/mol. The molecule has 2 N–H and O–H groups in total. The zero-order valence-corrected chi connectivity index (χ0v) is 19.3. The Balaban J connectivity index is 1.26. The molecule has 8 heteroatoms. The van der Waals surface area contributed by atoms with Crippen LogP contribution in [0.4, 0.5) is 4.79 Å². The van der Waals surface area contributed by atoms with Gasteiger partial charge in [0.2, 0.25) is 5.91 Å². The first-order chi connectivity index (χ1) is 16.0. The molecule has 1 fully saturated rings. The van der Waals surface area contributed by atoms with E-state index in [9.17, 15) is 14.4 Å². The molecule has 33 heavy (non-hydrogen) atoms. The topological polar surface area (TPSA) is 95.9 Å². The number of carboxylic acids is 1. The standard InChI is InChI=1S/C25H28N2O5S/c1-33-11-10-27(14-23(28)29)24(30)21-12-16(21)13-26-25(31)32-15-22-19-8-4-2-6-17(19)18-7-3-5-9-20(18)22/h2-9,16,21-22H,10-15H2,1H3,(H,26,31)(H,28,29). The number of carboxylic acid groups (broad SMARTS) is 1. The van der Waals surface area contributed by atoms with E-state index in [1.54, 1.807) is 11.8 Å². The molecule has 2 aliphatic carbocycles. The molecule has 0 saturated heterocycles. The van der Waals surface area contributed by atoms with Gasteiger partial charge in [0.05, 0.1) is 0 Å². The number of hydrogen-bond donors (Lipinski definition) is 2. The summed E-state index contributed by atoms with van der Waals surface area (Å²) in [6, 6.07) is 16.3. The van der Waals surface area contributed by atoms with Crippen LogP contribution in [0.15, 0.2) is 48.5 Å². The third-order valence-corrected chi connectivity index (χ3v) is 6.89. The molecule has 2 aliphatic rings. The lowest BCUT2D eigenvalue weighted by atomic mass is 9.98. The molecule has 0 heterocycles. The van der Waals surface area contributed by atoms with E-state index in [4.69, 9.17) is 9.84 Å². The van der Waals surface area contributed by atoms with Gasteiger partial charge in [0.25, 0.3) is 0 Å². The maximum atomic E-state index is 12.6. The molecule has 4 rings (SSSR count). The van der Waals surface area contributed by atoms with Crippen LogP contribution in [0.25, 0.3) is 11.1 Å². The van der Waals surface area contributed by atoms with Crippen LogP contribution in [0.1, 0.15) is 23.5 Å². The van der Waals surface area contributed by atoms with Crippen molar-refractivity contribution >= 4 is 29.7 Å². The molecule has 1 saturated carbocycles. The predicted molar refractivity (Wildman–Crippen MR) is 127 cm³/mol. The van der Waals surface area contributed by atoms with E-state index in [1.807, 2.05) is 30.5 Å². The first-order valence-electron chi connectivity index (χ1n) is 11.1. The lowest BCUT2D eigenvalue weighted by Gasteiger charge is -2.20. The number of hydrogen-bond acceptors (Lipinski definition) is 5. The molecule has 174 valence electrons. The Morgan fingerprint density at radius 1 is 1.09 bits per heavy atom. The highest BCUT2D eigenvalue weighted by Crippen LogP contribution is 2.44. The maximum absolute atomic E-state index is 12.6. The number of benzene rings is 2. The summed E-state index contributed by atoms with van der Waals surface area (Å²) in [5.74, 6) is -0.693. The fourth-order valence-corrected chi connectivity index (χ4v) is 4.91. The van der Waals surface area contributed by atoms with Crippen LogP contribution >= 0.6 is 11.8 Å². The summed E-state index contributed by atoms with van der Waals surface area (Å²) in [6.45, 7) is 0.711. The Labute approximate surface area is 197 Å². The molecule has 0 aromatic heterocycles. The number of aliphatic carboxylic acids is 1. The van der Waals surface area contributed by atoms with Gasteiger partial charge >= 0.3 is 12.1 Å². The number of fused-ring (bicyclic) bond motifs is 3. The van der Waals surface area contributed by atoms with Crippen molar-refractivity contribution in [1.82, 2.24) is 10.2 Å². The average molecular weight is 469 g/mol. The smallest absolute Gasteiger partial charge is 0.407 e. The van der Waals surface area contributed by atoms with Crippen LogP contribution in [0.5, 0.6) is 0 Å². The van der Waals surface area contributed by atoms with E-state index in [1.165, 1.54) is 16.0 Å². The van der Waals surface area contributed by atoms with Crippen molar-refractivity contribution in [2.24, 2.45) is 11.8 Å². The van der Waals surface area contributed by atoms with Gasteiger partial charge in [0, 0.05) is 30.7 Å². The molecule has 0 radical (unpaired) electrons. The van der Waals surface area contributed by atoms with Gasteiger partial charge in [-0.3, -0.25) is 9.59 Å². The summed E-state index contributed by atoms with van der Waals surface area (Å²) >= 11 is 1.57. The summed E-state index contributed by atoms with van der Waals surface area (Å²) in [5.41, 5.74) is 4.66. The molecular formula is C25H28N2O5S. The quantitative estimate of drug-likeness (QED) is 0.555. The highest BCUT2D eigenvalue weighted by atomic mass is 32.2. The Hall–Kier alpha value is -3.00. The van der Waals surface area contributed by atoms with Crippen molar-refractivity contribution < 1.29 is 24.2 Å². The number of ether oxygens (including phenoxy) is 1. The normalized spacial score (nSPS) is 18.2. The van der Waals surface area contributed by atoms with Gasteiger partial charge in [-0.25, -0.2) is 4.79 Å². The molecule has 2 amide bonds. The van der Waals surface area contributed by atoms with Crippen LogP contribution in [0.2, 0.25) is 0 Å². The van der Waals surface area contributed by atoms with E-state index < -0.39 is 12.1 Å². The maximum Gasteiger partial charge on any atom is 0.407 e. The highest BCUT2D eigenvalue weighted by Gasteiger charge is 2.45. The number of carbonyl (C=O) groups is 3. The van der Waals surface area contributed by atoms with Crippen molar-refractivity contribution in [2.75, 3.05) is 38.2 Å². The third-order valence-electron chi connectivity index (χ3n) is 6.30. The Kier molecular flexibility index (Phi) is 7.23.